The van der Waals surface area contributed by atoms with E-state index >= 15 is 0 Å². The quantitative estimate of drug-likeness (QED) is 0.441. The van der Waals surface area contributed by atoms with Crippen molar-refractivity contribution in [2.45, 2.75) is 19.4 Å². The van der Waals surface area contributed by atoms with Crippen molar-refractivity contribution in [3.63, 3.8) is 0 Å². The standard InChI is InChI=1S/C9H10O5/c10-9-7-4-6(5-13-11)14-8(7)2-1-3-12-9/h4,11H,1-3,5H2. The second kappa shape index (κ2) is 3.81. The number of hydrogen-bond donors (Lipinski definition) is 1. The summed E-state index contributed by atoms with van der Waals surface area (Å²) in [4.78, 5) is 15.3. The van der Waals surface area contributed by atoms with Crippen molar-refractivity contribution >= 4 is 5.97 Å². The van der Waals surface area contributed by atoms with E-state index in [1.807, 2.05) is 0 Å². The van der Waals surface area contributed by atoms with Gasteiger partial charge < -0.3 is 9.15 Å². The Morgan fingerprint density at radius 1 is 1.57 bits per heavy atom. The second-order valence-corrected chi connectivity index (χ2v) is 3.06. The average molecular weight is 198 g/mol. The van der Waals surface area contributed by atoms with Gasteiger partial charge >= 0.3 is 5.97 Å². The molecule has 1 N–H and O–H groups in total. The molecule has 0 saturated heterocycles. The zero-order valence-electron chi connectivity index (χ0n) is 7.49. The van der Waals surface area contributed by atoms with Crippen molar-refractivity contribution in [2.24, 2.45) is 0 Å². The van der Waals surface area contributed by atoms with Crippen molar-refractivity contribution < 1.29 is 24.1 Å². The number of carbonyl (C=O) groups is 1. The summed E-state index contributed by atoms with van der Waals surface area (Å²) in [6, 6.07) is 1.54. The fourth-order valence-corrected chi connectivity index (χ4v) is 1.45. The first-order valence-corrected chi connectivity index (χ1v) is 4.36. The summed E-state index contributed by atoms with van der Waals surface area (Å²) in [5, 5.41) is 8.23. The van der Waals surface area contributed by atoms with Crippen LogP contribution in [-0.2, 0) is 22.7 Å². The minimum atomic E-state index is -0.370. The smallest absolute Gasteiger partial charge is 0.341 e. The number of fused-ring (bicyclic) bond motifs is 1. The van der Waals surface area contributed by atoms with Gasteiger partial charge in [-0.25, -0.2) is 9.68 Å². The predicted octanol–water partition coefficient (Wildman–Crippen LogP) is 1.37. The van der Waals surface area contributed by atoms with Crippen LogP contribution in [0.25, 0.3) is 0 Å². The van der Waals surface area contributed by atoms with Gasteiger partial charge in [0.25, 0.3) is 0 Å². The Morgan fingerprint density at radius 3 is 3.21 bits per heavy atom. The summed E-state index contributed by atoms with van der Waals surface area (Å²) in [6.45, 7) is 0.370. The second-order valence-electron chi connectivity index (χ2n) is 3.06. The van der Waals surface area contributed by atoms with Crippen LogP contribution < -0.4 is 0 Å². The molecule has 1 aromatic rings. The summed E-state index contributed by atoms with van der Waals surface area (Å²) in [5.74, 6) is 0.668. The van der Waals surface area contributed by atoms with Crippen molar-refractivity contribution in [3.8, 4) is 0 Å². The van der Waals surface area contributed by atoms with E-state index in [1.54, 1.807) is 6.07 Å². The fraction of sp³-hybridized carbons (Fsp3) is 0.444. The van der Waals surface area contributed by atoms with Crippen LogP contribution in [0.15, 0.2) is 10.5 Å². The van der Waals surface area contributed by atoms with Gasteiger partial charge in [-0.15, -0.1) is 0 Å². The average Bonchev–Trinajstić information content (AvgIpc) is 2.49. The van der Waals surface area contributed by atoms with E-state index in [4.69, 9.17) is 14.4 Å². The molecule has 0 aliphatic carbocycles. The summed E-state index contributed by atoms with van der Waals surface area (Å²) >= 11 is 0. The van der Waals surface area contributed by atoms with Crippen molar-refractivity contribution in [1.29, 1.82) is 0 Å². The SMILES string of the molecule is O=C1OCCCc2oc(COO)cc21. The summed E-state index contributed by atoms with van der Waals surface area (Å²) in [6.07, 6.45) is 1.43. The number of furan rings is 1. The van der Waals surface area contributed by atoms with Gasteiger partial charge in [-0.1, -0.05) is 0 Å². The highest BCUT2D eigenvalue weighted by Gasteiger charge is 2.21. The van der Waals surface area contributed by atoms with E-state index in [1.165, 1.54) is 0 Å². The molecule has 0 atom stereocenters. The first-order chi connectivity index (χ1) is 6.81. The highest BCUT2D eigenvalue weighted by atomic mass is 17.1. The van der Waals surface area contributed by atoms with Crippen LogP contribution in [0.3, 0.4) is 0 Å². The topological polar surface area (TPSA) is 68.9 Å². The summed E-state index contributed by atoms with van der Waals surface area (Å²) in [5.41, 5.74) is 0.439. The molecule has 1 aliphatic rings. The molecule has 2 rings (SSSR count). The van der Waals surface area contributed by atoms with Gasteiger partial charge in [0, 0.05) is 6.42 Å². The Balaban J connectivity index is 2.29. The van der Waals surface area contributed by atoms with Gasteiger partial charge in [-0.3, -0.25) is 5.26 Å². The number of hydrogen-bond acceptors (Lipinski definition) is 5. The molecular formula is C9H10O5. The number of esters is 1. The van der Waals surface area contributed by atoms with Crippen LogP contribution >= 0.6 is 0 Å². The Hall–Kier alpha value is -1.33. The highest BCUT2D eigenvalue weighted by molar-refractivity contribution is 5.90. The zero-order valence-corrected chi connectivity index (χ0v) is 7.49. The molecule has 5 nitrogen and oxygen atoms in total. The first-order valence-electron chi connectivity index (χ1n) is 4.36. The number of ether oxygens (including phenoxy) is 1. The molecule has 0 radical (unpaired) electrons. The maximum Gasteiger partial charge on any atom is 0.341 e. The first kappa shape index (κ1) is 9.23. The lowest BCUT2D eigenvalue weighted by atomic mass is 10.2. The lowest BCUT2D eigenvalue weighted by Gasteiger charge is -1.96. The molecule has 14 heavy (non-hydrogen) atoms. The van der Waals surface area contributed by atoms with E-state index in [9.17, 15) is 4.79 Å². The minimum Gasteiger partial charge on any atom is -0.463 e. The maximum atomic E-state index is 11.3. The van der Waals surface area contributed by atoms with Gasteiger partial charge in [0.2, 0.25) is 0 Å². The normalized spacial score (nSPS) is 15.9. The maximum absolute atomic E-state index is 11.3. The van der Waals surface area contributed by atoms with Gasteiger partial charge in [0.15, 0.2) is 0 Å². The van der Waals surface area contributed by atoms with E-state index in [0.717, 1.165) is 6.42 Å². The third kappa shape index (κ3) is 1.64. The lowest BCUT2D eigenvalue weighted by Crippen LogP contribution is -2.02. The van der Waals surface area contributed by atoms with Crippen molar-refractivity contribution in [2.75, 3.05) is 6.61 Å². The molecule has 0 unspecified atom stereocenters. The molecule has 0 fully saturated rings. The van der Waals surface area contributed by atoms with E-state index in [-0.39, 0.29) is 12.6 Å². The highest BCUT2D eigenvalue weighted by Crippen LogP contribution is 2.21. The molecule has 1 aromatic heterocycles. The van der Waals surface area contributed by atoms with Gasteiger partial charge in [0.05, 0.1) is 6.61 Å². The molecule has 76 valence electrons. The molecule has 1 aliphatic heterocycles. The van der Waals surface area contributed by atoms with Crippen LogP contribution in [0.4, 0.5) is 0 Å². The van der Waals surface area contributed by atoms with Gasteiger partial charge in [-0.2, -0.15) is 0 Å². The molecular weight excluding hydrogens is 188 g/mol. The van der Waals surface area contributed by atoms with Crippen molar-refractivity contribution in [3.05, 3.63) is 23.2 Å². The van der Waals surface area contributed by atoms with Gasteiger partial charge in [0.1, 0.15) is 23.7 Å². The lowest BCUT2D eigenvalue weighted by molar-refractivity contribution is -0.256. The Kier molecular flexibility index (Phi) is 2.51. The van der Waals surface area contributed by atoms with Crippen LogP contribution in [0, 0.1) is 0 Å². The minimum absolute atomic E-state index is 0.0553. The largest absolute Gasteiger partial charge is 0.463 e. The van der Waals surface area contributed by atoms with E-state index in [0.29, 0.717) is 30.1 Å². The predicted molar refractivity (Wildman–Crippen MR) is 44.7 cm³/mol. The Morgan fingerprint density at radius 2 is 2.43 bits per heavy atom. The third-order valence-corrected chi connectivity index (χ3v) is 2.07. The molecule has 2 heterocycles. The van der Waals surface area contributed by atoms with Crippen LogP contribution in [-0.4, -0.2) is 17.8 Å². The molecule has 0 bridgehead atoms. The molecule has 0 amide bonds. The Labute approximate surface area is 80.2 Å². The monoisotopic (exact) mass is 198 g/mol. The fourth-order valence-electron chi connectivity index (χ4n) is 1.45. The van der Waals surface area contributed by atoms with Crippen LogP contribution in [0.5, 0.6) is 0 Å². The number of rotatable bonds is 2. The molecule has 5 heteroatoms. The third-order valence-electron chi connectivity index (χ3n) is 2.07. The zero-order chi connectivity index (χ0) is 9.97. The van der Waals surface area contributed by atoms with E-state index in [2.05, 4.69) is 4.89 Å². The summed E-state index contributed by atoms with van der Waals surface area (Å²) < 4.78 is 10.2. The van der Waals surface area contributed by atoms with Crippen LogP contribution in [0.2, 0.25) is 0 Å². The summed E-state index contributed by atoms with van der Waals surface area (Å²) in [7, 11) is 0. The number of carbonyl (C=O) groups excluding carboxylic acids is 1. The molecule has 0 saturated carbocycles. The molecule has 0 spiro atoms. The number of cyclic esters (lactones) is 1. The van der Waals surface area contributed by atoms with Crippen molar-refractivity contribution in [1.82, 2.24) is 0 Å². The number of aryl methyl sites for hydroxylation is 1. The van der Waals surface area contributed by atoms with Crippen LogP contribution in [0.1, 0.15) is 28.3 Å². The Bertz CT molecular complexity index is 341. The van der Waals surface area contributed by atoms with E-state index < -0.39 is 0 Å². The molecule has 0 aromatic carbocycles. The van der Waals surface area contributed by atoms with Gasteiger partial charge in [-0.05, 0) is 12.5 Å².